The first-order valence-electron chi connectivity index (χ1n) is 10.4. The quantitative estimate of drug-likeness (QED) is 0.365. The zero-order valence-corrected chi connectivity index (χ0v) is 18.2. The van der Waals surface area contributed by atoms with E-state index in [2.05, 4.69) is 40.2 Å². The number of fused-ring (bicyclic) bond motifs is 3. The largest absolute Gasteiger partial charge is 0.322 e. The van der Waals surface area contributed by atoms with E-state index in [9.17, 15) is 9.18 Å². The van der Waals surface area contributed by atoms with Gasteiger partial charge in [0, 0.05) is 17.6 Å². The monoisotopic (exact) mass is 445 g/mol. The van der Waals surface area contributed by atoms with E-state index in [4.69, 9.17) is 11.6 Å². The number of halogens is 2. The van der Waals surface area contributed by atoms with E-state index >= 15 is 0 Å². The summed E-state index contributed by atoms with van der Waals surface area (Å²) in [6.45, 7) is 2.45. The van der Waals surface area contributed by atoms with Crippen LogP contribution in [0.15, 0.2) is 85.1 Å². The minimum absolute atomic E-state index is 0.0343. The number of carbonyl (C=O) groups excluding carboxylic acids is 1. The summed E-state index contributed by atoms with van der Waals surface area (Å²) in [4.78, 5) is 15.4. The summed E-state index contributed by atoms with van der Waals surface area (Å²) in [6, 6.07) is 23.9. The fourth-order valence-electron chi connectivity index (χ4n) is 4.21. The maximum absolute atomic E-state index is 13.6. The van der Waals surface area contributed by atoms with Crippen LogP contribution in [0.1, 0.15) is 28.4 Å². The predicted molar refractivity (Wildman–Crippen MR) is 125 cm³/mol. The van der Waals surface area contributed by atoms with Crippen molar-refractivity contribution in [3.63, 3.8) is 0 Å². The number of anilines is 1. The first-order valence-corrected chi connectivity index (χ1v) is 10.7. The SMILES string of the molecule is Cc1ccc([C@H]2c3cccn3-c3ccccc3CN2C(=O)Nc2ccc(F)c(Cl)c2)cc1. The number of amides is 2. The molecule has 1 aromatic heterocycles. The number of hydrogen-bond donors (Lipinski definition) is 1. The topological polar surface area (TPSA) is 37.3 Å². The highest BCUT2D eigenvalue weighted by Gasteiger charge is 2.33. The molecule has 0 saturated carbocycles. The van der Waals surface area contributed by atoms with Crippen molar-refractivity contribution in [2.45, 2.75) is 19.5 Å². The Morgan fingerprint density at radius 3 is 2.59 bits per heavy atom. The van der Waals surface area contributed by atoms with Crippen LogP contribution in [0.3, 0.4) is 0 Å². The molecule has 0 aliphatic carbocycles. The molecule has 4 aromatic rings. The van der Waals surface area contributed by atoms with E-state index in [1.165, 1.54) is 18.2 Å². The Morgan fingerprint density at radius 2 is 1.81 bits per heavy atom. The molecular formula is C26H21ClFN3O. The third-order valence-electron chi connectivity index (χ3n) is 5.79. The summed E-state index contributed by atoms with van der Waals surface area (Å²) in [5.41, 5.74) is 5.67. The number of nitrogens with one attached hydrogen (secondary N) is 1. The van der Waals surface area contributed by atoms with Crippen molar-refractivity contribution in [2.24, 2.45) is 0 Å². The molecule has 6 heteroatoms. The standard InChI is InChI=1S/C26H21ClFN3O/c1-17-8-10-18(11-9-17)25-24-7-4-14-30(24)23-6-3-2-5-19(23)16-31(25)26(32)29-20-12-13-22(28)21(27)15-20/h2-15,25H,16H2,1H3,(H,29,32)/t25-/m0/s1. The van der Waals surface area contributed by atoms with Crippen LogP contribution < -0.4 is 5.32 Å². The van der Waals surface area contributed by atoms with E-state index in [0.29, 0.717) is 12.2 Å². The minimum atomic E-state index is -0.524. The Kier molecular flexibility index (Phi) is 5.19. The van der Waals surface area contributed by atoms with Gasteiger partial charge < -0.3 is 14.8 Å². The van der Waals surface area contributed by atoms with Crippen molar-refractivity contribution in [1.29, 1.82) is 0 Å². The van der Waals surface area contributed by atoms with Crippen LogP contribution in [-0.4, -0.2) is 15.5 Å². The van der Waals surface area contributed by atoms with Gasteiger partial charge in [-0.1, -0.05) is 59.6 Å². The molecule has 1 atom stereocenters. The van der Waals surface area contributed by atoms with Crippen molar-refractivity contribution >= 4 is 23.3 Å². The van der Waals surface area contributed by atoms with E-state index in [1.807, 2.05) is 43.5 Å². The molecule has 5 rings (SSSR count). The van der Waals surface area contributed by atoms with Crippen LogP contribution >= 0.6 is 11.6 Å². The Morgan fingerprint density at radius 1 is 1.03 bits per heavy atom. The van der Waals surface area contributed by atoms with Crippen molar-refractivity contribution in [2.75, 3.05) is 5.32 Å². The minimum Gasteiger partial charge on any atom is -0.318 e. The lowest BCUT2D eigenvalue weighted by molar-refractivity contribution is 0.194. The van der Waals surface area contributed by atoms with Crippen molar-refractivity contribution in [3.05, 3.63) is 118 Å². The second-order valence-electron chi connectivity index (χ2n) is 7.93. The number of para-hydroxylation sites is 1. The molecule has 0 radical (unpaired) electrons. The second-order valence-corrected chi connectivity index (χ2v) is 8.34. The Bertz CT molecular complexity index is 1300. The van der Waals surface area contributed by atoms with Crippen LogP contribution in [0, 0.1) is 12.7 Å². The molecule has 0 unspecified atom stereocenters. The highest BCUT2D eigenvalue weighted by molar-refractivity contribution is 6.31. The van der Waals surface area contributed by atoms with Gasteiger partial charge >= 0.3 is 6.03 Å². The summed E-state index contributed by atoms with van der Waals surface area (Å²) < 4.78 is 15.7. The number of carbonyl (C=O) groups is 1. The molecule has 32 heavy (non-hydrogen) atoms. The molecule has 1 aliphatic rings. The summed E-state index contributed by atoms with van der Waals surface area (Å²) in [5.74, 6) is -0.524. The normalized spacial score (nSPS) is 15.0. The summed E-state index contributed by atoms with van der Waals surface area (Å²) >= 11 is 5.92. The third-order valence-corrected chi connectivity index (χ3v) is 6.08. The molecule has 2 heterocycles. The van der Waals surface area contributed by atoms with Gasteiger partial charge in [-0.3, -0.25) is 0 Å². The number of nitrogens with zero attached hydrogens (tertiary/aromatic N) is 2. The van der Waals surface area contributed by atoms with E-state index < -0.39 is 5.82 Å². The van der Waals surface area contributed by atoms with E-state index in [1.54, 1.807) is 4.90 Å². The average Bonchev–Trinajstić information content (AvgIpc) is 3.21. The Hall–Kier alpha value is -3.57. The molecule has 1 aliphatic heterocycles. The number of aryl methyl sites for hydroxylation is 1. The molecule has 0 saturated heterocycles. The lowest BCUT2D eigenvalue weighted by Gasteiger charge is -2.31. The van der Waals surface area contributed by atoms with Gasteiger partial charge in [0.15, 0.2) is 0 Å². The third kappa shape index (κ3) is 3.65. The predicted octanol–water partition coefficient (Wildman–Crippen LogP) is 6.72. The summed E-state index contributed by atoms with van der Waals surface area (Å²) in [6.07, 6.45) is 2.02. The fraction of sp³-hybridized carbons (Fsp3) is 0.115. The summed E-state index contributed by atoms with van der Waals surface area (Å²) in [7, 11) is 0. The van der Waals surface area contributed by atoms with Gasteiger partial charge in [-0.2, -0.15) is 0 Å². The van der Waals surface area contributed by atoms with Gasteiger partial charge in [-0.25, -0.2) is 9.18 Å². The number of rotatable bonds is 2. The number of hydrogen-bond acceptors (Lipinski definition) is 1. The average molecular weight is 446 g/mol. The van der Waals surface area contributed by atoms with Gasteiger partial charge in [0.1, 0.15) is 5.82 Å². The maximum atomic E-state index is 13.6. The zero-order valence-electron chi connectivity index (χ0n) is 17.4. The smallest absolute Gasteiger partial charge is 0.318 e. The lowest BCUT2D eigenvalue weighted by atomic mass is 10.0. The molecule has 0 bridgehead atoms. The molecule has 2 amide bonds. The molecule has 0 spiro atoms. The van der Waals surface area contributed by atoms with Crippen LogP contribution in [0.4, 0.5) is 14.9 Å². The molecular weight excluding hydrogens is 425 g/mol. The van der Waals surface area contributed by atoms with Crippen LogP contribution in [0.25, 0.3) is 5.69 Å². The number of aromatic nitrogens is 1. The van der Waals surface area contributed by atoms with Gasteiger partial charge in [-0.15, -0.1) is 0 Å². The first-order chi connectivity index (χ1) is 15.5. The maximum Gasteiger partial charge on any atom is 0.322 e. The number of benzene rings is 3. The second kappa shape index (κ2) is 8.17. The van der Waals surface area contributed by atoms with Crippen LogP contribution in [0.5, 0.6) is 0 Å². The van der Waals surface area contributed by atoms with Crippen LogP contribution in [-0.2, 0) is 6.54 Å². The zero-order chi connectivity index (χ0) is 22.2. The summed E-state index contributed by atoms with van der Waals surface area (Å²) in [5, 5.41) is 2.86. The molecule has 4 nitrogen and oxygen atoms in total. The van der Waals surface area contributed by atoms with Gasteiger partial charge in [-0.05, 0) is 54.4 Å². The highest BCUT2D eigenvalue weighted by atomic mass is 35.5. The van der Waals surface area contributed by atoms with E-state index in [0.717, 1.165) is 28.1 Å². The molecule has 0 fully saturated rings. The first kappa shape index (κ1) is 20.3. The highest BCUT2D eigenvalue weighted by Crippen LogP contribution is 2.37. The Labute approximate surface area is 190 Å². The molecule has 160 valence electrons. The van der Waals surface area contributed by atoms with Gasteiger partial charge in [0.25, 0.3) is 0 Å². The Balaban J connectivity index is 1.61. The van der Waals surface area contributed by atoms with Crippen molar-refractivity contribution in [1.82, 2.24) is 9.47 Å². The van der Waals surface area contributed by atoms with E-state index in [-0.39, 0.29) is 17.1 Å². The number of urea groups is 1. The molecule has 3 aromatic carbocycles. The van der Waals surface area contributed by atoms with Gasteiger partial charge in [0.05, 0.1) is 23.3 Å². The van der Waals surface area contributed by atoms with Crippen molar-refractivity contribution < 1.29 is 9.18 Å². The van der Waals surface area contributed by atoms with Crippen LogP contribution in [0.2, 0.25) is 5.02 Å². The van der Waals surface area contributed by atoms with Crippen molar-refractivity contribution in [3.8, 4) is 5.69 Å². The molecule has 1 N–H and O–H groups in total. The fourth-order valence-corrected chi connectivity index (χ4v) is 4.39. The lowest BCUT2D eigenvalue weighted by Crippen LogP contribution is -2.37. The van der Waals surface area contributed by atoms with Gasteiger partial charge in [0.2, 0.25) is 0 Å².